The van der Waals surface area contributed by atoms with Gasteiger partial charge >= 0.3 is 0 Å². The molecule has 1 aromatic rings. The average Bonchev–Trinajstić information content (AvgIpc) is 2.47. The molecule has 3 N–H and O–H groups in total. The van der Waals surface area contributed by atoms with Crippen molar-refractivity contribution in [2.45, 2.75) is 32.2 Å². The Labute approximate surface area is 115 Å². The predicted molar refractivity (Wildman–Crippen MR) is 78.6 cm³/mol. The minimum absolute atomic E-state index is 0.0111. The zero-order chi connectivity index (χ0) is 13.5. The molecule has 1 amide bonds. The zero-order valence-electron chi connectivity index (χ0n) is 11.5. The van der Waals surface area contributed by atoms with Crippen LogP contribution < -0.4 is 16.0 Å². The normalized spacial score (nSPS) is 18.9. The first kappa shape index (κ1) is 13.9. The van der Waals surface area contributed by atoms with Crippen molar-refractivity contribution >= 4 is 11.6 Å². The number of carbonyl (C=O) groups is 1. The lowest BCUT2D eigenvalue weighted by atomic mass is 10.1. The second-order valence-electron chi connectivity index (χ2n) is 4.96. The van der Waals surface area contributed by atoms with E-state index in [1.165, 1.54) is 19.3 Å². The Hall–Kier alpha value is -1.55. The van der Waals surface area contributed by atoms with Gasteiger partial charge in [0.2, 0.25) is 0 Å². The maximum absolute atomic E-state index is 11.6. The molecule has 104 valence electrons. The quantitative estimate of drug-likeness (QED) is 0.760. The molecule has 1 aromatic carbocycles. The first-order valence-corrected chi connectivity index (χ1v) is 7.15. The van der Waals surface area contributed by atoms with Gasteiger partial charge in [0.15, 0.2) is 0 Å². The van der Waals surface area contributed by atoms with Crippen LogP contribution in [-0.2, 0) is 0 Å². The molecule has 4 heteroatoms. The molecule has 0 aliphatic carbocycles. The maximum Gasteiger partial charge on any atom is 0.251 e. The van der Waals surface area contributed by atoms with Gasteiger partial charge in [-0.2, -0.15) is 0 Å². The fraction of sp³-hybridized carbons (Fsp3) is 0.533. The van der Waals surface area contributed by atoms with Gasteiger partial charge in [0.25, 0.3) is 5.91 Å². The fourth-order valence-corrected chi connectivity index (χ4v) is 2.34. The molecule has 1 aliphatic heterocycles. The van der Waals surface area contributed by atoms with Crippen molar-refractivity contribution in [1.82, 2.24) is 10.6 Å². The second kappa shape index (κ2) is 7.14. The van der Waals surface area contributed by atoms with Crippen LogP contribution in [0, 0.1) is 0 Å². The lowest BCUT2D eigenvalue weighted by molar-refractivity contribution is 0.0956. The van der Waals surface area contributed by atoms with Crippen LogP contribution in [-0.4, -0.2) is 31.6 Å². The maximum atomic E-state index is 11.6. The molecule has 0 saturated carbocycles. The van der Waals surface area contributed by atoms with Crippen molar-refractivity contribution in [3.8, 4) is 0 Å². The highest BCUT2D eigenvalue weighted by Crippen LogP contribution is 2.12. The summed E-state index contributed by atoms with van der Waals surface area (Å²) in [5.41, 5.74) is 1.78. The third-order valence-corrected chi connectivity index (χ3v) is 3.45. The van der Waals surface area contributed by atoms with E-state index in [2.05, 4.69) is 16.0 Å². The Morgan fingerprint density at radius 3 is 2.74 bits per heavy atom. The van der Waals surface area contributed by atoms with Crippen LogP contribution in [0.4, 0.5) is 5.69 Å². The SMILES string of the molecule is CCNC(=O)c1ccc(NCC2CCCCN2)cc1. The topological polar surface area (TPSA) is 53.2 Å². The number of nitrogens with one attached hydrogen (secondary N) is 3. The van der Waals surface area contributed by atoms with E-state index in [4.69, 9.17) is 0 Å². The monoisotopic (exact) mass is 261 g/mol. The number of rotatable bonds is 5. The van der Waals surface area contributed by atoms with E-state index >= 15 is 0 Å². The lowest BCUT2D eigenvalue weighted by Crippen LogP contribution is -2.39. The first-order valence-electron chi connectivity index (χ1n) is 7.15. The molecule has 1 unspecified atom stereocenters. The predicted octanol–water partition coefficient (Wildman–Crippen LogP) is 1.99. The van der Waals surface area contributed by atoms with E-state index in [0.29, 0.717) is 18.2 Å². The standard InChI is InChI=1S/C15H23N3O/c1-2-16-15(19)12-6-8-13(9-7-12)18-11-14-5-3-4-10-17-14/h6-9,14,17-18H,2-5,10-11H2,1H3,(H,16,19). The van der Waals surface area contributed by atoms with E-state index in [9.17, 15) is 4.79 Å². The molecule has 0 aromatic heterocycles. The molecule has 0 spiro atoms. The van der Waals surface area contributed by atoms with Crippen molar-refractivity contribution in [2.24, 2.45) is 0 Å². The summed E-state index contributed by atoms with van der Waals surface area (Å²) in [6.07, 6.45) is 3.84. The Bertz CT molecular complexity index is 396. The van der Waals surface area contributed by atoms with Gasteiger partial charge in [-0.25, -0.2) is 0 Å². The van der Waals surface area contributed by atoms with E-state index in [1.54, 1.807) is 0 Å². The molecule has 19 heavy (non-hydrogen) atoms. The summed E-state index contributed by atoms with van der Waals surface area (Å²) in [6, 6.07) is 8.22. The van der Waals surface area contributed by atoms with Gasteiger partial charge in [-0.05, 0) is 50.6 Å². The number of hydrogen-bond donors (Lipinski definition) is 3. The summed E-state index contributed by atoms with van der Waals surface area (Å²) >= 11 is 0. The van der Waals surface area contributed by atoms with Crippen molar-refractivity contribution in [3.63, 3.8) is 0 Å². The van der Waals surface area contributed by atoms with Gasteiger partial charge in [-0.1, -0.05) is 6.42 Å². The highest BCUT2D eigenvalue weighted by atomic mass is 16.1. The molecular weight excluding hydrogens is 238 g/mol. The third kappa shape index (κ3) is 4.24. The minimum Gasteiger partial charge on any atom is -0.383 e. The van der Waals surface area contributed by atoms with Gasteiger partial charge in [0.1, 0.15) is 0 Å². The minimum atomic E-state index is -0.0111. The summed E-state index contributed by atoms with van der Waals surface area (Å²) in [7, 11) is 0. The fourth-order valence-electron chi connectivity index (χ4n) is 2.34. The number of carbonyl (C=O) groups excluding carboxylic acids is 1. The summed E-state index contributed by atoms with van der Waals surface area (Å²) in [5, 5.41) is 9.72. The van der Waals surface area contributed by atoms with E-state index in [1.807, 2.05) is 31.2 Å². The van der Waals surface area contributed by atoms with Gasteiger partial charge in [-0.3, -0.25) is 4.79 Å². The number of piperidine rings is 1. The van der Waals surface area contributed by atoms with Crippen LogP contribution in [0.2, 0.25) is 0 Å². The number of anilines is 1. The Morgan fingerprint density at radius 1 is 1.32 bits per heavy atom. The summed E-state index contributed by atoms with van der Waals surface area (Å²) in [5.74, 6) is -0.0111. The average molecular weight is 261 g/mol. The largest absolute Gasteiger partial charge is 0.383 e. The highest BCUT2D eigenvalue weighted by molar-refractivity contribution is 5.94. The molecule has 1 heterocycles. The van der Waals surface area contributed by atoms with Crippen LogP contribution in [0.15, 0.2) is 24.3 Å². The van der Waals surface area contributed by atoms with E-state index in [0.717, 1.165) is 18.8 Å². The highest BCUT2D eigenvalue weighted by Gasteiger charge is 2.11. The van der Waals surface area contributed by atoms with Gasteiger partial charge in [0, 0.05) is 30.4 Å². The number of amides is 1. The van der Waals surface area contributed by atoms with Crippen molar-refractivity contribution < 1.29 is 4.79 Å². The van der Waals surface area contributed by atoms with Crippen molar-refractivity contribution in [3.05, 3.63) is 29.8 Å². The van der Waals surface area contributed by atoms with Crippen LogP contribution in [0.3, 0.4) is 0 Å². The Morgan fingerprint density at radius 2 is 2.11 bits per heavy atom. The van der Waals surface area contributed by atoms with Crippen molar-refractivity contribution in [1.29, 1.82) is 0 Å². The lowest BCUT2D eigenvalue weighted by Gasteiger charge is -2.24. The summed E-state index contributed by atoms with van der Waals surface area (Å²) < 4.78 is 0. The van der Waals surface area contributed by atoms with E-state index in [-0.39, 0.29) is 5.91 Å². The molecule has 0 bridgehead atoms. The molecule has 4 nitrogen and oxygen atoms in total. The molecule has 1 aliphatic rings. The van der Waals surface area contributed by atoms with Gasteiger partial charge < -0.3 is 16.0 Å². The van der Waals surface area contributed by atoms with Crippen LogP contribution >= 0.6 is 0 Å². The number of benzene rings is 1. The second-order valence-corrected chi connectivity index (χ2v) is 4.96. The molecule has 1 fully saturated rings. The van der Waals surface area contributed by atoms with E-state index < -0.39 is 0 Å². The smallest absolute Gasteiger partial charge is 0.251 e. The first-order chi connectivity index (χ1) is 9.29. The Balaban J connectivity index is 1.82. The zero-order valence-corrected chi connectivity index (χ0v) is 11.5. The Kier molecular flexibility index (Phi) is 5.21. The molecule has 0 radical (unpaired) electrons. The molecular formula is C15H23N3O. The van der Waals surface area contributed by atoms with Gasteiger partial charge in [-0.15, -0.1) is 0 Å². The molecule has 1 atom stereocenters. The van der Waals surface area contributed by atoms with Crippen LogP contribution in [0.25, 0.3) is 0 Å². The molecule has 1 saturated heterocycles. The van der Waals surface area contributed by atoms with Crippen molar-refractivity contribution in [2.75, 3.05) is 25.0 Å². The number of hydrogen-bond acceptors (Lipinski definition) is 3. The van der Waals surface area contributed by atoms with Gasteiger partial charge in [0.05, 0.1) is 0 Å². The summed E-state index contributed by atoms with van der Waals surface area (Å²) in [4.78, 5) is 11.6. The third-order valence-electron chi connectivity index (χ3n) is 3.45. The van der Waals surface area contributed by atoms with Crippen LogP contribution in [0.1, 0.15) is 36.5 Å². The van der Waals surface area contributed by atoms with Crippen LogP contribution in [0.5, 0.6) is 0 Å². The summed E-state index contributed by atoms with van der Waals surface area (Å²) in [6.45, 7) is 4.65. The molecule has 2 rings (SSSR count).